The van der Waals surface area contributed by atoms with Crippen LogP contribution < -0.4 is 0 Å². The van der Waals surface area contributed by atoms with Gasteiger partial charge < -0.3 is 34.2 Å². The number of esters is 3. The number of carbonyl (C=O) groups excluding carboxylic acids is 3. The molecule has 0 aromatic rings. The van der Waals surface area contributed by atoms with Crippen LogP contribution in [0, 0.1) is 0 Å². The summed E-state index contributed by atoms with van der Waals surface area (Å²) in [5, 5.41) is 20.8. The first kappa shape index (κ1) is 121. The summed E-state index contributed by atoms with van der Waals surface area (Å²) in [4.78, 5) is 59.1. The van der Waals surface area contributed by atoms with Crippen molar-refractivity contribution in [3.05, 3.63) is 194 Å². The summed E-state index contributed by atoms with van der Waals surface area (Å²) in [7, 11) is -9.83. The lowest BCUT2D eigenvalue weighted by Crippen LogP contribution is -2.30. The van der Waals surface area contributed by atoms with Crippen LogP contribution in [-0.4, -0.2) is 95.9 Å². The Bertz CT molecular complexity index is 3090. The molecular weight excluding hydrogens is 1630 g/mol. The summed E-state index contributed by atoms with van der Waals surface area (Å²) >= 11 is 0. The average molecular weight is 1810 g/mol. The highest BCUT2D eigenvalue weighted by Crippen LogP contribution is 2.45. The summed E-state index contributed by atoms with van der Waals surface area (Å²) in [5.74, 6) is -1.62. The lowest BCUT2D eigenvalue weighted by Gasteiger charge is -2.21. The third-order valence-corrected chi connectivity index (χ3v) is 23.2. The number of rotatable bonds is 95. The number of phosphoric acid groups is 2. The molecule has 0 saturated heterocycles. The molecule has 0 fully saturated rings. The fourth-order valence-electron chi connectivity index (χ4n) is 13.7. The van der Waals surface area contributed by atoms with Gasteiger partial charge in [-0.1, -0.05) is 427 Å². The monoisotopic (exact) mass is 1810 g/mol. The summed E-state index contributed by atoms with van der Waals surface area (Å²) in [6, 6.07) is 0. The molecule has 0 aliphatic rings. The zero-order chi connectivity index (χ0) is 92.1. The zero-order valence-electron chi connectivity index (χ0n) is 80.4. The van der Waals surface area contributed by atoms with Crippen LogP contribution in [0.5, 0.6) is 0 Å². The molecule has 5 atom stereocenters. The molecule has 0 bridgehead atoms. The van der Waals surface area contributed by atoms with Gasteiger partial charge in [-0.3, -0.25) is 32.5 Å². The molecule has 127 heavy (non-hydrogen) atoms. The second-order valence-electron chi connectivity index (χ2n) is 33.5. The van der Waals surface area contributed by atoms with Gasteiger partial charge in [-0.05, 0) is 167 Å². The van der Waals surface area contributed by atoms with E-state index in [1.54, 1.807) is 0 Å². The minimum Gasteiger partial charge on any atom is -0.463 e. The van der Waals surface area contributed by atoms with Gasteiger partial charge in [0.25, 0.3) is 0 Å². The van der Waals surface area contributed by atoms with Gasteiger partial charge in [-0.15, -0.1) is 0 Å². The first-order valence-corrected chi connectivity index (χ1v) is 53.7. The third-order valence-electron chi connectivity index (χ3n) is 21.3. The van der Waals surface area contributed by atoms with Crippen molar-refractivity contribution in [1.82, 2.24) is 0 Å². The molecule has 0 saturated carbocycles. The van der Waals surface area contributed by atoms with E-state index in [1.165, 1.54) is 212 Å². The van der Waals surface area contributed by atoms with E-state index in [2.05, 4.69) is 215 Å². The van der Waals surface area contributed by atoms with Crippen molar-refractivity contribution in [2.45, 2.75) is 437 Å². The highest BCUT2D eigenvalue weighted by atomic mass is 31.2. The highest BCUT2D eigenvalue weighted by molar-refractivity contribution is 7.47. The molecule has 0 aromatic heterocycles. The van der Waals surface area contributed by atoms with Crippen molar-refractivity contribution < 1.29 is 75.8 Å². The maximum atomic E-state index is 13.1. The van der Waals surface area contributed by atoms with Gasteiger partial charge in [-0.25, -0.2) is 9.13 Å². The number of unbranched alkanes of at least 4 members (excludes halogenated alkanes) is 40. The molecule has 16 nitrogen and oxygen atoms in total. The number of hydrogen-bond acceptors (Lipinski definition) is 14. The van der Waals surface area contributed by atoms with Crippen LogP contribution in [0.3, 0.4) is 0 Å². The van der Waals surface area contributed by atoms with Crippen LogP contribution >= 0.6 is 15.6 Å². The molecule has 0 aliphatic carbocycles. The van der Waals surface area contributed by atoms with Crippen LogP contribution in [0.2, 0.25) is 0 Å². The van der Waals surface area contributed by atoms with E-state index in [4.69, 9.17) is 32.3 Å². The van der Waals surface area contributed by atoms with Crippen molar-refractivity contribution >= 4 is 33.6 Å². The fraction of sp³-hybridized carbons (Fsp3) is 0.679. The van der Waals surface area contributed by atoms with Gasteiger partial charge in [0.1, 0.15) is 25.4 Å². The number of hydrogen-bond donors (Lipinski definition) is 4. The molecule has 726 valence electrons. The van der Waals surface area contributed by atoms with Gasteiger partial charge in [0.2, 0.25) is 0 Å². The Morgan fingerprint density at radius 1 is 0.228 bits per heavy atom. The maximum Gasteiger partial charge on any atom is 0.472 e. The van der Waals surface area contributed by atoms with Crippen molar-refractivity contribution in [3.8, 4) is 0 Å². The summed E-state index contributed by atoms with van der Waals surface area (Å²) < 4.78 is 61.6. The van der Waals surface area contributed by atoms with E-state index in [0.717, 1.165) is 141 Å². The SMILES string of the molecule is CC/C=C\C/C=C\C/C=C\C/C=C\C/C=C\C/C=C\CCCCCCCCCCCCCCCCCCC(=O)OCC(O)COP(=O)(O)OCC(O)COP(=O)(O)OCC(COC(=O)CCCCCCCCCCCCCCCCCCCCC/C=C\C/C=C\C/C=C\C/C=C\CCCCC)OC(=O)CCCC/C=C\C/C=C\C/C=C\C/C=C\C/C=C\C/C=C\CC. The molecule has 0 amide bonds. The van der Waals surface area contributed by atoms with Gasteiger partial charge >= 0.3 is 33.6 Å². The van der Waals surface area contributed by atoms with E-state index in [9.17, 15) is 43.5 Å². The Hall–Kier alpha value is -5.61. The Labute approximate surface area is 776 Å². The highest BCUT2D eigenvalue weighted by Gasteiger charge is 2.30. The lowest BCUT2D eigenvalue weighted by molar-refractivity contribution is -0.161. The average Bonchev–Trinajstić information content (AvgIpc) is 0.893. The molecule has 0 rings (SSSR count). The molecular formula is C109H184O16P2. The molecule has 0 spiro atoms. The summed E-state index contributed by atoms with van der Waals surface area (Å²) in [6.45, 7) is 2.42. The fourth-order valence-corrected chi connectivity index (χ4v) is 15.3. The van der Waals surface area contributed by atoms with Crippen LogP contribution in [0.1, 0.15) is 419 Å². The van der Waals surface area contributed by atoms with Crippen LogP contribution in [-0.2, 0) is 55.8 Å². The van der Waals surface area contributed by atoms with Gasteiger partial charge in [-0.2, -0.15) is 0 Å². The van der Waals surface area contributed by atoms with Gasteiger partial charge in [0.15, 0.2) is 6.10 Å². The predicted octanol–water partition coefficient (Wildman–Crippen LogP) is 32.1. The minimum atomic E-state index is -4.96. The number of carbonyl (C=O) groups is 3. The zero-order valence-corrected chi connectivity index (χ0v) is 82.2. The molecule has 0 heterocycles. The Balaban J connectivity index is 4.55. The maximum absolute atomic E-state index is 13.1. The van der Waals surface area contributed by atoms with Crippen molar-refractivity contribution in [2.24, 2.45) is 0 Å². The van der Waals surface area contributed by atoms with Crippen molar-refractivity contribution in [3.63, 3.8) is 0 Å². The van der Waals surface area contributed by atoms with Crippen molar-refractivity contribution in [2.75, 3.05) is 39.6 Å². The van der Waals surface area contributed by atoms with Crippen LogP contribution in [0.25, 0.3) is 0 Å². The number of phosphoric ester groups is 2. The first-order chi connectivity index (χ1) is 62.2. The molecule has 5 unspecified atom stereocenters. The summed E-state index contributed by atoms with van der Waals surface area (Å²) in [6.07, 6.45) is 134. The van der Waals surface area contributed by atoms with E-state index in [-0.39, 0.29) is 19.3 Å². The molecule has 0 radical (unpaired) electrons. The number of allylic oxidation sites excluding steroid dienone is 32. The number of aliphatic hydroxyl groups is 2. The molecule has 0 aromatic carbocycles. The largest absolute Gasteiger partial charge is 0.472 e. The Morgan fingerprint density at radius 3 is 0.677 bits per heavy atom. The normalized spacial score (nSPS) is 14.5. The smallest absolute Gasteiger partial charge is 0.463 e. The second kappa shape index (κ2) is 99.4. The Morgan fingerprint density at radius 2 is 0.417 bits per heavy atom. The van der Waals surface area contributed by atoms with Crippen LogP contribution in [0.4, 0.5) is 0 Å². The van der Waals surface area contributed by atoms with Gasteiger partial charge in [0.05, 0.1) is 26.4 Å². The van der Waals surface area contributed by atoms with Crippen LogP contribution in [0.15, 0.2) is 194 Å². The summed E-state index contributed by atoms with van der Waals surface area (Å²) in [5.41, 5.74) is 0. The minimum absolute atomic E-state index is 0.0460. The second-order valence-corrected chi connectivity index (χ2v) is 36.4. The van der Waals surface area contributed by atoms with Crippen molar-refractivity contribution in [1.29, 1.82) is 0 Å². The van der Waals surface area contributed by atoms with E-state index >= 15 is 0 Å². The van der Waals surface area contributed by atoms with Gasteiger partial charge in [0, 0.05) is 19.3 Å². The first-order valence-electron chi connectivity index (χ1n) is 50.7. The molecule has 18 heteroatoms. The number of aliphatic hydroxyl groups excluding tert-OH is 2. The van der Waals surface area contributed by atoms with E-state index < -0.39 is 91.5 Å². The predicted molar refractivity (Wildman–Crippen MR) is 537 cm³/mol. The quantitative estimate of drug-likeness (QED) is 0.0146. The molecule has 0 aliphatic heterocycles. The Kier molecular flexibility index (Phi) is 95.0. The number of ether oxygens (including phenoxy) is 3. The van der Waals surface area contributed by atoms with E-state index in [0.29, 0.717) is 25.7 Å². The standard InChI is InChI=1S/C109H184O16P2/c1-4-7-10-13-16-19-22-25-28-31-34-37-39-41-43-45-47-49-51-53-55-57-59-61-63-66-68-71-74-77-80-83-86-89-92-95-107(112)119-98-104(110)99-121-126(115,116)122-100-105(111)101-123-127(117,118)124-103-106(125-109(114)97-94-91-88-85-82-79-76-73-70-65-36-33-30-27-24-21-18-15-12-9-6-3)102-120-108(113)96-93-90-87-84-81-78-75-72-69-67-64-62-60-58-56-54-52-50-48-46-44-42-40-38-35-32-29-26-23-20-17-14-11-8-5-2/h7,9-10,12,16-21,25-30,34-38,41-44,47,49,65,73,76,82,85,104-106,110-111H,4-6,8,11,13-15,22-24,31-33,39-40,45-46,48,50-64,66-72,74-75,77-81,83-84,86-103H2,1-3H3,(H,115,116)(H,117,118)/b10-7-,12-9-,19-16-,20-17-,21-18-,28-25-,29-26-,30-27-,37-34-,38-35-,43-41-,44-42-,49-47-,65-36-,76-73-,85-82-. The molecule has 4 N–H and O–H groups in total. The lowest BCUT2D eigenvalue weighted by atomic mass is 10.0. The van der Waals surface area contributed by atoms with E-state index in [1.807, 2.05) is 0 Å². The topological polar surface area (TPSA) is 231 Å². The third kappa shape index (κ3) is 101.